The maximum absolute atomic E-state index is 12.3. The highest BCUT2D eigenvalue weighted by atomic mass is 16.5. The molecule has 1 aromatic rings. The minimum absolute atomic E-state index is 0.106. The number of nitrogens with zero attached hydrogens (tertiary/aromatic N) is 4. The lowest BCUT2D eigenvalue weighted by Crippen LogP contribution is -2.36. The average Bonchev–Trinajstić information content (AvgIpc) is 2.84. The summed E-state index contributed by atoms with van der Waals surface area (Å²) in [5, 5.41) is 18.0. The van der Waals surface area contributed by atoms with Gasteiger partial charge in [0, 0.05) is 13.6 Å². The Labute approximate surface area is 122 Å². The Kier molecular flexibility index (Phi) is 4.66. The summed E-state index contributed by atoms with van der Waals surface area (Å²) in [6.07, 6.45) is -0.659. The number of aliphatic hydroxyl groups is 2. The van der Waals surface area contributed by atoms with Crippen LogP contribution < -0.4 is 21.1 Å². The molecule has 0 amide bonds. The van der Waals surface area contributed by atoms with E-state index in [1.165, 1.54) is 4.57 Å². The Bertz CT molecular complexity index is 557. The van der Waals surface area contributed by atoms with E-state index >= 15 is 0 Å². The van der Waals surface area contributed by atoms with Crippen molar-refractivity contribution in [2.75, 3.05) is 48.7 Å². The van der Waals surface area contributed by atoms with Crippen molar-refractivity contribution < 1.29 is 14.9 Å². The molecule has 9 heteroatoms. The Morgan fingerprint density at radius 1 is 1.38 bits per heavy atom. The van der Waals surface area contributed by atoms with Gasteiger partial charge in [0.2, 0.25) is 5.95 Å². The zero-order valence-electron chi connectivity index (χ0n) is 12.2. The van der Waals surface area contributed by atoms with Crippen molar-refractivity contribution in [1.82, 2.24) is 9.55 Å². The fraction of sp³-hybridized carbons (Fsp3) is 0.667. The molecule has 0 saturated carbocycles. The molecule has 4 N–H and O–H groups in total. The van der Waals surface area contributed by atoms with Crippen molar-refractivity contribution in [3.63, 3.8) is 0 Å². The second-order valence-corrected chi connectivity index (χ2v) is 4.83. The lowest BCUT2D eigenvalue weighted by molar-refractivity contribution is -0.0188. The first-order valence-corrected chi connectivity index (χ1v) is 6.73. The van der Waals surface area contributed by atoms with Gasteiger partial charge in [0.15, 0.2) is 5.82 Å². The molecule has 0 aliphatic carbocycles. The molecule has 118 valence electrons. The van der Waals surface area contributed by atoms with E-state index in [1.54, 1.807) is 11.9 Å². The molecule has 0 atom stereocenters. The molecule has 1 aliphatic rings. The molecule has 0 spiro atoms. The number of aliphatic hydroxyl groups excluding tert-OH is 2. The Hall–Kier alpha value is -1.84. The summed E-state index contributed by atoms with van der Waals surface area (Å²) in [5.74, 6) is 0.592. The topological polar surface area (TPSA) is 117 Å². The summed E-state index contributed by atoms with van der Waals surface area (Å²) in [5.41, 5.74) is 6.02. The minimum Gasteiger partial charge on any atom is -0.394 e. The van der Waals surface area contributed by atoms with Gasteiger partial charge in [0.25, 0.3) is 5.56 Å². The second-order valence-electron chi connectivity index (χ2n) is 4.83. The van der Waals surface area contributed by atoms with Gasteiger partial charge in [-0.3, -0.25) is 9.36 Å². The van der Waals surface area contributed by atoms with Crippen LogP contribution in [0.1, 0.15) is 6.92 Å². The van der Waals surface area contributed by atoms with Crippen molar-refractivity contribution in [3.05, 3.63) is 10.4 Å². The smallest absolute Gasteiger partial charge is 0.280 e. The molecule has 1 aromatic heterocycles. The number of anilines is 3. The molecule has 0 fully saturated rings. The number of ether oxygens (including phenoxy) is 1. The number of nitrogen functional groups attached to an aromatic ring is 1. The lowest BCUT2D eigenvalue weighted by Gasteiger charge is -2.22. The number of nitrogens with two attached hydrogens (primary N) is 1. The number of hydrogen-bond acceptors (Lipinski definition) is 8. The number of hydrogen-bond donors (Lipinski definition) is 3. The highest BCUT2D eigenvalue weighted by Gasteiger charge is 2.31. The molecule has 1 aliphatic heterocycles. The van der Waals surface area contributed by atoms with Crippen LogP contribution >= 0.6 is 0 Å². The molecule has 0 radical (unpaired) electrons. The van der Waals surface area contributed by atoms with E-state index in [4.69, 9.17) is 20.7 Å². The summed E-state index contributed by atoms with van der Waals surface area (Å²) in [6.45, 7) is 2.58. The monoisotopic (exact) mass is 299 g/mol. The molecule has 0 unspecified atom stereocenters. The van der Waals surface area contributed by atoms with Gasteiger partial charge >= 0.3 is 0 Å². The zero-order valence-corrected chi connectivity index (χ0v) is 12.2. The summed E-state index contributed by atoms with van der Waals surface area (Å²) in [6, 6.07) is 0. The standard InChI is InChI=1S/C12H21N5O4/c1-3-16-6-17(7-21-8(4-18)5-19)10-9(16)11(20)15(2)12(13)14-10/h8,18-19H,3-7H2,1-2H3,(H2,13,14). The Morgan fingerprint density at radius 3 is 2.62 bits per heavy atom. The maximum Gasteiger partial charge on any atom is 0.280 e. The highest BCUT2D eigenvalue weighted by Crippen LogP contribution is 2.31. The first-order chi connectivity index (χ1) is 10.0. The molecule has 9 nitrogen and oxygen atoms in total. The van der Waals surface area contributed by atoms with E-state index in [-0.39, 0.29) is 31.5 Å². The minimum atomic E-state index is -0.659. The van der Waals surface area contributed by atoms with Crippen molar-refractivity contribution in [1.29, 1.82) is 0 Å². The molecule has 2 rings (SSSR count). The van der Waals surface area contributed by atoms with E-state index < -0.39 is 6.10 Å². The quantitative estimate of drug-likeness (QED) is 0.569. The predicted molar refractivity (Wildman–Crippen MR) is 78.2 cm³/mol. The number of aromatic nitrogens is 2. The Balaban J connectivity index is 2.28. The third-order valence-corrected chi connectivity index (χ3v) is 3.50. The number of fused-ring (bicyclic) bond motifs is 1. The summed E-state index contributed by atoms with van der Waals surface area (Å²) >= 11 is 0. The summed E-state index contributed by atoms with van der Waals surface area (Å²) in [4.78, 5) is 20.2. The largest absolute Gasteiger partial charge is 0.394 e. The van der Waals surface area contributed by atoms with Crippen LogP contribution in [0.2, 0.25) is 0 Å². The van der Waals surface area contributed by atoms with Crippen LogP contribution in [-0.4, -0.2) is 59.0 Å². The van der Waals surface area contributed by atoms with E-state index in [2.05, 4.69) is 4.98 Å². The third-order valence-electron chi connectivity index (χ3n) is 3.50. The van der Waals surface area contributed by atoms with Gasteiger partial charge in [0.1, 0.15) is 18.5 Å². The van der Waals surface area contributed by atoms with Crippen LogP contribution in [0.5, 0.6) is 0 Å². The average molecular weight is 299 g/mol. The Morgan fingerprint density at radius 2 is 2.05 bits per heavy atom. The predicted octanol–water partition coefficient (Wildman–Crippen LogP) is -1.71. The van der Waals surface area contributed by atoms with Crippen LogP contribution in [0, 0.1) is 0 Å². The lowest BCUT2D eigenvalue weighted by atomic mass is 10.4. The van der Waals surface area contributed by atoms with Crippen molar-refractivity contribution in [2.24, 2.45) is 7.05 Å². The van der Waals surface area contributed by atoms with Crippen LogP contribution in [0.3, 0.4) is 0 Å². The number of rotatable bonds is 6. The fourth-order valence-corrected chi connectivity index (χ4v) is 2.15. The first kappa shape index (κ1) is 15.5. The summed E-state index contributed by atoms with van der Waals surface area (Å²) in [7, 11) is 1.57. The van der Waals surface area contributed by atoms with Gasteiger partial charge in [-0.2, -0.15) is 4.98 Å². The van der Waals surface area contributed by atoms with Gasteiger partial charge in [-0.1, -0.05) is 0 Å². The van der Waals surface area contributed by atoms with E-state index in [9.17, 15) is 4.79 Å². The van der Waals surface area contributed by atoms with Crippen LogP contribution in [0.25, 0.3) is 0 Å². The molecular weight excluding hydrogens is 278 g/mol. The molecule has 0 saturated heterocycles. The third kappa shape index (κ3) is 2.80. The van der Waals surface area contributed by atoms with Gasteiger partial charge in [-0.05, 0) is 6.92 Å². The summed E-state index contributed by atoms with van der Waals surface area (Å²) < 4.78 is 6.70. The van der Waals surface area contributed by atoms with Crippen LogP contribution in [0.4, 0.5) is 17.5 Å². The maximum atomic E-state index is 12.3. The second kappa shape index (κ2) is 6.29. The van der Waals surface area contributed by atoms with Crippen LogP contribution in [-0.2, 0) is 11.8 Å². The molecule has 0 bridgehead atoms. The molecular formula is C12H21N5O4. The first-order valence-electron chi connectivity index (χ1n) is 6.73. The zero-order chi connectivity index (χ0) is 15.6. The van der Waals surface area contributed by atoms with Crippen molar-refractivity contribution in [2.45, 2.75) is 13.0 Å². The van der Waals surface area contributed by atoms with Crippen LogP contribution in [0.15, 0.2) is 4.79 Å². The van der Waals surface area contributed by atoms with E-state index in [0.717, 1.165) is 0 Å². The van der Waals surface area contributed by atoms with E-state index in [1.807, 2.05) is 11.8 Å². The fourth-order valence-electron chi connectivity index (χ4n) is 2.15. The van der Waals surface area contributed by atoms with Crippen molar-refractivity contribution >= 4 is 17.5 Å². The SMILES string of the molecule is CCN1CN(COC(CO)CO)c2nc(N)n(C)c(=O)c21. The normalized spacial score (nSPS) is 14.1. The van der Waals surface area contributed by atoms with Gasteiger partial charge in [0.05, 0.1) is 19.9 Å². The molecule has 2 heterocycles. The van der Waals surface area contributed by atoms with Gasteiger partial charge in [-0.25, -0.2) is 0 Å². The van der Waals surface area contributed by atoms with Gasteiger partial charge < -0.3 is 30.5 Å². The van der Waals surface area contributed by atoms with E-state index in [0.29, 0.717) is 24.7 Å². The highest BCUT2D eigenvalue weighted by molar-refractivity contribution is 5.72. The van der Waals surface area contributed by atoms with Gasteiger partial charge in [-0.15, -0.1) is 0 Å². The molecule has 21 heavy (non-hydrogen) atoms. The molecule has 0 aromatic carbocycles. The van der Waals surface area contributed by atoms with Crippen molar-refractivity contribution in [3.8, 4) is 0 Å².